The molecule has 0 fully saturated rings. The van der Waals surface area contributed by atoms with E-state index in [0.29, 0.717) is 12.8 Å². The molecule has 0 saturated carbocycles. The third-order valence-corrected chi connectivity index (χ3v) is 3.28. The molecule has 2 aromatic rings. The maximum absolute atomic E-state index is 12.5. The summed E-state index contributed by atoms with van der Waals surface area (Å²) in [5.74, 6) is 0.868. The first-order valence-corrected chi connectivity index (χ1v) is 6.91. The summed E-state index contributed by atoms with van der Waals surface area (Å²) in [7, 11) is 0. The Kier molecular flexibility index (Phi) is 5.07. The van der Waals surface area contributed by atoms with Crippen LogP contribution in [-0.4, -0.2) is 12.6 Å². The van der Waals surface area contributed by atoms with E-state index in [-0.39, 0.29) is 6.04 Å². The van der Waals surface area contributed by atoms with Gasteiger partial charge < -0.3 is 9.73 Å². The number of rotatable bonds is 6. The fraction of sp³-hybridized carbons (Fsp3) is 0.375. The molecule has 0 bridgehead atoms. The molecular weight excluding hydrogens is 279 g/mol. The minimum absolute atomic E-state index is 0.137. The minimum atomic E-state index is -4.28. The van der Waals surface area contributed by atoms with Crippen LogP contribution in [0.2, 0.25) is 0 Å². The van der Waals surface area contributed by atoms with Crippen LogP contribution in [0.5, 0.6) is 0 Å². The Balaban J connectivity index is 2.02. The highest BCUT2D eigenvalue weighted by atomic mass is 19.4. The van der Waals surface area contributed by atoms with Gasteiger partial charge in [-0.3, -0.25) is 0 Å². The van der Waals surface area contributed by atoms with Crippen LogP contribution in [0.1, 0.15) is 23.8 Å². The first-order chi connectivity index (χ1) is 9.99. The summed E-state index contributed by atoms with van der Waals surface area (Å²) >= 11 is 0. The Bertz CT molecular complexity index is 532. The molecule has 1 heterocycles. The minimum Gasteiger partial charge on any atom is -0.469 e. The highest BCUT2D eigenvalue weighted by Gasteiger charge is 2.30. The quantitative estimate of drug-likeness (QED) is 0.869. The Labute approximate surface area is 122 Å². The first-order valence-electron chi connectivity index (χ1n) is 6.91. The molecule has 2 nitrogen and oxygen atoms in total. The Morgan fingerprint density at radius 1 is 1.10 bits per heavy atom. The zero-order valence-corrected chi connectivity index (χ0v) is 11.8. The number of alkyl halides is 3. The fourth-order valence-corrected chi connectivity index (χ4v) is 2.29. The molecule has 114 valence electrons. The van der Waals surface area contributed by atoms with Gasteiger partial charge in [0.25, 0.3) is 0 Å². The Morgan fingerprint density at radius 2 is 1.81 bits per heavy atom. The summed E-state index contributed by atoms with van der Waals surface area (Å²) in [6.07, 6.45) is -1.29. The molecule has 21 heavy (non-hydrogen) atoms. The molecular formula is C16H18F3NO. The van der Waals surface area contributed by atoms with E-state index in [1.165, 1.54) is 12.1 Å². The van der Waals surface area contributed by atoms with Gasteiger partial charge in [0.15, 0.2) is 0 Å². The van der Waals surface area contributed by atoms with Crippen molar-refractivity contribution in [2.75, 3.05) is 6.54 Å². The molecule has 0 saturated heterocycles. The second kappa shape index (κ2) is 6.80. The lowest BCUT2D eigenvalue weighted by molar-refractivity contribution is -0.137. The van der Waals surface area contributed by atoms with Crippen LogP contribution in [0.15, 0.2) is 47.1 Å². The van der Waals surface area contributed by atoms with Gasteiger partial charge in [0, 0.05) is 12.5 Å². The van der Waals surface area contributed by atoms with Gasteiger partial charge in [0.2, 0.25) is 0 Å². The largest absolute Gasteiger partial charge is 0.469 e. The zero-order valence-electron chi connectivity index (χ0n) is 11.8. The van der Waals surface area contributed by atoms with Crippen molar-refractivity contribution in [3.05, 3.63) is 59.5 Å². The van der Waals surface area contributed by atoms with Crippen molar-refractivity contribution in [3.8, 4) is 0 Å². The van der Waals surface area contributed by atoms with Gasteiger partial charge in [-0.1, -0.05) is 19.1 Å². The summed E-state index contributed by atoms with van der Waals surface area (Å²) < 4.78 is 42.9. The normalized spacial score (nSPS) is 13.3. The maximum atomic E-state index is 12.5. The number of hydrogen-bond donors (Lipinski definition) is 1. The SMILES string of the molecule is CCNC(Cc1ccc(C(F)(F)F)cc1)Cc1ccco1. The van der Waals surface area contributed by atoms with Crippen molar-refractivity contribution in [1.29, 1.82) is 0 Å². The third kappa shape index (κ3) is 4.63. The number of halogens is 3. The van der Waals surface area contributed by atoms with Gasteiger partial charge in [-0.15, -0.1) is 0 Å². The average Bonchev–Trinajstić information content (AvgIpc) is 2.91. The van der Waals surface area contributed by atoms with Crippen molar-refractivity contribution in [3.63, 3.8) is 0 Å². The predicted molar refractivity (Wildman–Crippen MR) is 75.0 cm³/mol. The molecule has 1 unspecified atom stereocenters. The molecule has 1 aromatic heterocycles. The van der Waals surface area contributed by atoms with Gasteiger partial charge in [-0.2, -0.15) is 13.2 Å². The zero-order chi connectivity index (χ0) is 15.3. The maximum Gasteiger partial charge on any atom is 0.416 e. The number of nitrogens with one attached hydrogen (secondary N) is 1. The molecule has 0 spiro atoms. The van der Waals surface area contributed by atoms with Gasteiger partial charge in [0.05, 0.1) is 11.8 Å². The average molecular weight is 297 g/mol. The lowest BCUT2D eigenvalue weighted by Gasteiger charge is -2.17. The summed E-state index contributed by atoms with van der Waals surface area (Å²) in [5, 5.41) is 3.33. The molecule has 0 radical (unpaired) electrons. The van der Waals surface area contributed by atoms with Crippen LogP contribution >= 0.6 is 0 Å². The number of likely N-dealkylation sites (N-methyl/N-ethyl adjacent to an activating group) is 1. The van der Waals surface area contributed by atoms with Gasteiger partial charge in [-0.25, -0.2) is 0 Å². The first kappa shape index (κ1) is 15.6. The number of furan rings is 1. The standard InChI is InChI=1S/C16H18F3NO/c1-2-20-14(11-15-4-3-9-21-15)10-12-5-7-13(8-6-12)16(17,18)19/h3-9,14,20H,2,10-11H2,1H3. The molecule has 5 heteroatoms. The Hall–Kier alpha value is -1.75. The van der Waals surface area contributed by atoms with Crippen LogP contribution in [0, 0.1) is 0 Å². The molecule has 1 atom stereocenters. The van der Waals surface area contributed by atoms with E-state index in [4.69, 9.17) is 4.42 Å². The monoisotopic (exact) mass is 297 g/mol. The topological polar surface area (TPSA) is 25.2 Å². The molecule has 0 aliphatic carbocycles. The summed E-state index contributed by atoms with van der Waals surface area (Å²) in [6, 6.07) is 9.20. The van der Waals surface area contributed by atoms with Crippen molar-refractivity contribution in [1.82, 2.24) is 5.32 Å². The van der Waals surface area contributed by atoms with E-state index in [9.17, 15) is 13.2 Å². The lowest BCUT2D eigenvalue weighted by Crippen LogP contribution is -2.32. The van der Waals surface area contributed by atoms with Gasteiger partial charge in [0.1, 0.15) is 5.76 Å². The van der Waals surface area contributed by atoms with Crippen molar-refractivity contribution in [2.45, 2.75) is 32.0 Å². The second-order valence-electron chi connectivity index (χ2n) is 4.94. The van der Waals surface area contributed by atoms with E-state index in [1.807, 2.05) is 19.1 Å². The third-order valence-electron chi connectivity index (χ3n) is 3.28. The van der Waals surface area contributed by atoms with E-state index >= 15 is 0 Å². The summed E-state index contributed by atoms with van der Waals surface area (Å²) in [5.41, 5.74) is 0.262. The molecule has 0 aliphatic heterocycles. The van der Waals surface area contributed by atoms with Crippen molar-refractivity contribution < 1.29 is 17.6 Å². The Morgan fingerprint density at radius 3 is 2.33 bits per heavy atom. The predicted octanol–water partition coefficient (Wildman–Crippen LogP) is 4.06. The van der Waals surface area contributed by atoms with E-state index in [2.05, 4.69) is 5.32 Å². The number of benzene rings is 1. The van der Waals surface area contributed by atoms with Gasteiger partial charge in [-0.05, 0) is 42.8 Å². The smallest absolute Gasteiger partial charge is 0.416 e. The van der Waals surface area contributed by atoms with Crippen LogP contribution in [0.4, 0.5) is 13.2 Å². The highest BCUT2D eigenvalue weighted by molar-refractivity contribution is 5.25. The van der Waals surface area contributed by atoms with Crippen LogP contribution in [-0.2, 0) is 19.0 Å². The molecule has 0 aliphatic rings. The van der Waals surface area contributed by atoms with E-state index < -0.39 is 11.7 Å². The van der Waals surface area contributed by atoms with E-state index in [0.717, 1.165) is 30.0 Å². The van der Waals surface area contributed by atoms with E-state index in [1.54, 1.807) is 6.26 Å². The fourth-order valence-electron chi connectivity index (χ4n) is 2.29. The molecule has 1 aromatic carbocycles. The van der Waals surface area contributed by atoms with Crippen LogP contribution in [0.25, 0.3) is 0 Å². The second-order valence-corrected chi connectivity index (χ2v) is 4.94. The van der Waals surface area contributed by atoms with Crippen LogP contribution < -0.4 is 5.32 Å². The van der Waals surface area contributed by atoms with Crippen LogP contribution in [0.3, 0.4) is 0 Å². The van der Waals surface area contributed by atoms with Gasteiger partial charge >= 0.3 is 6.18 Å². The van der Waals surface area contributed by atoms with Crippen molar-refractivity contribution >= 4 is 0 Å². The molecule has 2 rings (SSSR count). The lowest BCUT2D eigenvalue weighted by atomic mass is 10.0. The molecule has 1 N–H and O–H groups in total. The highest BCUT2D eigenvalue weighted by Crippen LogP contribution is 2.29. The summed E-state index contributed by atoms with van der Waals surface area (Å²) in [6.45, 7) is 2.80. The molecule has 0 amide bonds. The summed E-state index contributed by atoms with van der Waals surface area (Å²) in [4.78, 5) is 0. The number of hydrogen-bond acceptors (Lipinski definition) is 2. The van der Waals surface area contributed by atoms with Crippen molar-refractivity contribution in [2.24, 2.45) is 0 Å².